The fourth-order valence-electron chi connectivity index (χ4n) is 1.97. The first-order valence-corrected chi connectivity index (χ1v) is 5.89. The van der Waals surface area contributed by atoms with Gasteiger partial charge in [0.1, 0.15) is 13.2 Å². The summed E-state index contributed by atoms with van der Waals surface area (Å²) in [7, 11) is 1.88. The van der Waals surface area contributed by atoms with E-state index < -0.39 is 0 Å². The molecule has 0 radical (unpaired) electrons. The van der Waals surface area contributed by atoms with Gasteiger partial charge in [0.2, 0.25) is 5.95 Å². The van der Waals surface area contributed by atoms with E-state index in [1.165, 1.54) is 0 Å². The molecule has 0 amide bonds. The van der Waals surface area contributed by atoms with Gasteiger partial charge in [-0.2, -0.15) is 0 Å². The lowest BCUT2D eigenvalue weighted by molar-refractivity contribution is 0.172. The second kappa shape index (κ2) is 4.38. The highest BCUT2D eigenvalue weighted by Gasteiger charge is 2.15. The van der Waals surface area contributed by atoms with E-state index in [4.69, 9.17) is 14.6 Å². The normalized spacial score (nSPS) is 13.9. The van der Waals surface area contributed by atoms with Crippen molar-refractivity contribution in [2.24, 2.45) is 0 Å². The van der Waals surface area contributed by atoms with Gasteiger partial charge >= 0.3 is 0 Å². The Balaban J connectivity index is 2.01. The zero-order valence-corrected chi connectivity index (χ0v) is 10.1. The second-order valence-corrected chi connectivity index (χ2v) is 4.22. The van der Waals surface area contributed by atoms with Gasteiger partial charge < -0.3 is 24.5 Å². The fraction of sp³-hybridized carbons (Fsp3) is 0.417. The Morgan fingerprint density at radius 3 is 2.78 bits per heavy atom. The Morgan fingerprint density at radius 2 is 2.06 bits per heavy atom. The van der Waals surface area contributed by atoms with Gasteiger partial charge in [0.15, 0.2) is 11.5 Å². The fourth-order valence-corrected chi connectivity index (χ4v) is 1.97. The first kappa shape index (κ1) is 11.2. The van der Waals surface area contributed by atoms with E-state index in [-0.39, 0.29) is 6.61 Å². The molecule has 0 saturated heterocycles. The number of anilines is 1. The maximum absolute atomic E-state index is 8.92. The lowest BCUT2D eigenvalue weighted by Crippen LogP contribution is -2.22. The van der Waals surface area contributed by atoms with Crippen LogP contribution in [0.15, 0.2) is 12.1 Å². The maximum atomic E-state index is 8.92. The number of hydrogen-bond donors (Lipinski definition) is 2. The van der Waals surface area contributed by atoms with Gasteiger partial charge in [-0.15, -0.1) is 0 Å². The minimum absolute atomic E-state index is 0.0935. The van der Waals surface area contributed by atoms with Crippen LogP contribution in [0.25, 0.3) is 11.0 Å². The zero-order chi connectivity index (χ0) is 12.5. The summed E-state index contributed by atoms with van der Waals surface area (Å²) in [5, 5.41) is 8.92. The third-order valence-corrected chi connectivity index (χ3v) is 2.93. The summed E-state index contributed by atoms with van der Waals surface area (Å²) < 4.78 is 11.0. The summed E-state index contributed by atoms with van der Waals surface area (Å²) in [5.41, 5.74) is 1.73. The van der Waals surface area contributed by atoms with Crippen LogP contribution in [-0.2, 0) is 0 Å². The number of aromatic nitrogens is 2. The number of benzene rings is 1. The quantitative estimate of drug-likeness (QED) is 0.840. The Bertz CT molecular complexity index is 524. The van der Waals surface area contributed by atoms with Crippen molar-refractivity contribution >= 4 is 17.0 Å². The number of aliphatic hydroxyl groups excluding tert-OH is 1. The topological polar surface area (TPSA) is 70.6 Å². The van der Waals surface area contributed by atoms with Crippen molar-refractivity contribution in [2.75, 3.05) is 38.3 Å². The predicted molar refractivity (Wildman–Crippen MR) is 67.4 cm³/mol. The van der Waals surface area contributed by atoms with Gasteiger partial charge in [0.25, 0.3) is 0 Å². The Kier molecular flexibility index (Phi) is 2.71. The minimum Gasteiger partial charge on any atom is -0.486 e. The summed E-state index contributed by atoms with van der Waals surface area (Å²) in [6.07, 6.45) is 0. The molecule has 1 aromatic carbocycles. The number of rotatable bonds is 3. The van der Waals surface area contributed by atoms with Crippen LogP contribution in [0, 0.1) is 0 Å². The Hall–Kier alpha value is -1.95. The highest BCUT2D eigenvalue weighted by atomic mass is 16.6. The number of likely N-dealkylation sites (N-methyl/N-ethyl adjacent to an activating group) is 1. The molecule has 0 bridgehead atoms. The molecule has 6 heteroatoms. The number of nitrogens with one attached hydrogen (secondary N) is 1. The molecule has 96 valence electrons. The largest absolute Gasteiger partial charge is 0.486 e. The molecular formula is C12H15N3O3. The van der Waals surface area contributed by atoms with E-state index in [1.54, 1.807) is 0 Å². The third-order valence-electron chi connectivity index (χ3n) is 2.93. The maximum Gasteiger partial charge on any atom is 0.203 e. The van der Waals surface area contributed by atoms with Crippen molar-refractivity contribution < 1.29 is 14.6 Å². The third kappa shape index (κ3) is 1.84. The van der Waals surface area contributed by atoms with Crippen molar-refractivity contribution in [3.05, 3.63) is 12.1 Å². The lowest BCUT2D eigenvalue weighted by Gasteiger charge is -2.17. The molecule has 2 heterocycles. The van der Waals surface area contributed by atoms with Crippen molar-refractivity contribution in [3.8, 4) is 11.5 Å². The summed E-state index contributed by atoms with van der Waals surface area (Å²) >= 11 is 0. The number of hydrogen-bond acceptors (Lipinski definition) is 5. The van der Waals surface area contributed by atoms with Crippen LogP contribution in [0.3, 0.4) is 0 Å². The predicted octanol–water partition coefficient (Wildman–Crippen LogP) is 0.763. The smallest absolute Gasteiger partial charge is 0.203 e. The van der Waals surface area contributed by atoms with E-state index in [0.717, 1.165) is 28.5 Å². The molecule has 0 unspecified atom stereocenters. The average Bonchev–Trinajstić information content (AvgIpc) is 2.79. The highest BCUT2D eigenvalue weighted by Crippen LogP contribution is 2.34. The van der Waals surface area contributed by atoms with Crippen LogP contribution in [0.1, 0.15) is 0 Å². The molecule has 3 rings (SSSR count). The summed E-state index contributed by atoms with van der Waals surface area (Å²) in [5.74, 6) is 2.20. The van der Waals surface area contributed by atoms with E-state index >= 15 is 0 Å². The summed E-state index contributed by atoms with van der Waals surface area (Å²) in [6.45, 7) is 1.77. The molecule has 1 aliphatic rings. The Labute approximate surface area is 104 Å². The van der Waals surface area contributed by atoms with Gasteiger partial charge in [-0.3, -0.25) is 0 Å². The molecule has 0 atom stereocenters. The SMILES string of the molecule is CN(CCO)c1nc2cc3c(cc2[nH]1)OCCO3. The van der Waals surface area contributed by atoms with E-state index in [0.29, 0.717) is 19.8 Å². The number of aromatic amines is 1. The number of ether oxygens (including phenoxy) is 2. The van der Waals surface area contributed by atoms with E-state index in [9.17, 15) is 0 Å². The average molecular weight is 249 g/mol. The molecule has 1 aliphatic heterocycles. The standard InChI is InChI=1S/C12H15N3O3/c1-15(2-3-16)12-13-8-6-10-11(7-9(8)14-12)18-5-4-17-10/h6-7,16H,2-5H2,1H3,(H,13,14). The van der Waals surface area contributed by atoms with E-state index in [1.807, 2.05) is 24.1 Å². The molecular weight excluding hydrogens is 234 g/mol. The summed E-state index contributed by atoms with van der Waals surface area (Å²) in [6, 6.07) is 3.77. The van der Waals surface area contributed by atoms with Crippen LogP contribution in [0.4, 0.5) is 5.95 Å². The van der Waals surface area contributed by atoms with Crippen molar-refractivity contribution in [3.63, 3.8) is 0 Å². The monoisotopic (exact) mass is 249 g/mol. The number of aliphatic hydroxyl groups is 1. The van der Waals surface area contributed by atoms with Crippen molar-refractivity contribution in [1.29, 1.82) is 0 Å². The minimum atomic E-state index is 0.0935. The molecule has 0 spiro atoms. The van der Waals surface area contributed by atoms with E-state index in [2.05, 4.69) is 9.97 Å². The molecule has 6 nitrogen and oxygen atoms in total. The van der Waals surface area contributed by atoms with Crippen LogP contribution in [0.2, 0.25) is 0 Å². The number of imidazole rings is 1. The molecule has 2 aromatic rings. The van der Waals surface area contributed by atoms with Crippen LogP contribution in [-0.4, -0.2) is 48.5 Å². The summed E-state index contributed by atoms with van der Waals surface area (Å²) in [4.78, 5) is 9.52. The Morgan fingerprint density at radius 1 is 1.33 bits per heavy atom. The van der Waals surface area contributed by atoms with Gasteiger partial charge in [-0.1, -0.05) is 0 Å². The van der Waals surface area contributed by atoms with Crippen LogP contribution < -0.4 is 14.4 Å². The molecule has 1 aromatic heterocycles. The second-order valence-electron chi connectivity index (χ2n) is 4.22. The highest BCUT2D eigenvalue weighted by molar-refractivity contribution is 5.81. The lowest BCUT2D eigenvalue weighted by atomic mass is 10.2. The van der Waals surface area contributed by atoms with Crippen molar-refractivity contribution in [2.45, 2.75) is 0 Å². The molecule has 0 saturated carbocycles. The van der Waals surface area contributed by atoms with Gasteiger partial charge in [0.05, 0.1) is 17.6 Å². The first-order valence-electron chi connectivity index (χ1n) is 5.89. The van der Waals surface area contributed by atoms with Gasteiger partial charge in [-0.25, -0.2) is 4.98 Å². The van der Waals surface area contributed by atoms with Crippen molar-refractivity contribution in [1.82, 2.24) is 9.97 Å². The van der Waals surface area contributed by atoms with Gasteiger partial charge in [0, 0.05) is 25.7 Å². The molecule has 0 aliphatic carbocycles. The van der Waals surface area contributed by atoms with Crippen LogP contribution in [0.5, 0.6) is 11.5 Å². The van der Waals surface area contributed by atoms with Crippen LogP contribution >= 0.6 is 0 Å². The molecule has 0 fully saturated rings. The van der Waals surface area contributed by atoms with Gasteiger partial charge in [-0.05, 0) is 0 Å². The zero-order valence-electron chi connectivity index (χ0n) is 10.1. The first-order chi connectivity index (χ1) is 8.78. The number of nitrogens with zero attached hydrogens (tertiary/aromatic N) is 2. The number of fused-ring (bicyclic) bond motifs is 2. The number of H-pyrrole nitrogens is 1. The molecule has 18 heavy (non-hydrogen) atoms. The molecule has 2 N–H and O–H groups in total.